The van der Waals surface area contributed by atoms with Gasteiger partial charge < -0.3 is 5.32 Å². The molecule has 1 aromatic heterocycles. The van der Waals surface area contributed by atoms with Gasteiger partial charge in [-0.05, 0) is 62.3 Å². The molecule has 2 unspecified atom stereocenters. The number of hydrogen-bond donors (Lipinski definition) is 1. The molecule has 0 saturated carbocycles. The zero-order valence-corrected chi connectivity index (χ0v) is 13.9. The standard InChI is InChI=1S/C13H24BrN5/c1-5-13(2,19-8-6-7-9-19)11(15-3)10-12(14)16-17-18(10)4/h11,15H,5-9H2,1-4H3. The van der Waals surface area contributed by atoms with Crippen molar-refractivity contribution in [3.05, 3.63) is 10.3 Å². The first-order chi connectivity index (χ1) is 9.04. The van der Waals surface area contributed by atoms with E-state index >= 15 is 0 Å². The monoisotopic (exact) mass is 329 g/mol. The summed E-state index contributed by atoms with van der Waals surface area (Å²) in [6.45, 7) is 6.98. The lowest BCUT2D eigenvalue weighted by Gasteiger charge is -2.44. The summed E-state index contributed by atoms with van der Waals surface area (Å²) in [4.78, 5) is 2.60. The molecule has 0 amide bonds. The van der Waals surface area contributed by atoms with Gasteiger partial charge in [-0.3, -0.25) is 4.90 Å². The number of nitrogens with zero attached hydrogens (tertiary/aromatic N) is 4. The lowest BCUT2D eigenvalue weighted by atomic mass is 9.85. The molecule has 0 bridgehead atoms. The van der Waals surface area contributed by atoms with Gasteiger partial charge >= 0.3 is 0 Å². The molecule has 1 N–H and O–H groups in total. The quantitative estimate of drug-likeness (QED) is 0.898. The zero-order chi connectivity index (χ0) is 14.0. The van der Waals surface area contributed by atoms with E-state index in [1.54, 1.807) is 0 Å². The fourth-order valence-corrected chi connectivity index (χ4v) is 3.78. The van der Waals surface area contributed by atoms with E-state index < -0.39 is 0 Å². The highest BCUT2D eigenvalue weighted by Crippen LogP contribution is 2.37. The topological polar surface area (TPSA) is 46.0 Å². The first-order valence-corrected chi connectivity index (χ1v) is 7.81. The van der Waals surface area contributed by atoms with Gasteiger partial charge in [-0.25, -0.2) is 4.68 Å². The Morgan fingerprint density at radius 2 is 2.05 bits per heavy atom. The van der Waals surface area contributed by atoms with Crippen LogP contribution in [0.5, 0.6) is 0 Å². The Morgan fingerprint density at radius 1 is 1.42 bits per heavy atom. The molecule has 6 heteroatoms. The van der Waals surface area contributed by atoms with Crippen molar-refractivity contribution in [1.29, 1.82) is 0 Å². The van der Waals surface area contributed by atoms with Gasteiger partial charge in [0.05, 0.1) is 11.7 Å². The number of nitrogens with one attached hydrogen (secondary N) is 1. The van der Waals surface area contributed by atoms with Crippen LogP contribution in [0.15, 0.2) is 4.60 Å². The molecule has 1 aliphatic heterocycles. The number of likely N-dealkylation sites (N-methyl/N-ethyl adjacent to an activating group) is 1. The Bertz CT molecular complexity index is 407. The largest absolute Gasteiger partial charge is 0.310 e. The molecule has 2 rings (SSSR count). The summed E-state index contributed by atoms with van der Waals surface area (Å²) in [6, 6.07) is 0.213. The molecule has 0 spiro atoms. The lowest BCUT2D eigenvalue weighted by Crippen LogP contribution is -2.53. The first kappa shape index (κ1) is 14.9. The van der Waals surface area contributed by atoms with Gasteiger partial charge in [0.15, 0.2) is 4.60 Å². The second-order valence-corrected chi connectivity index (χ2v) is 6.27. The van der Waals surface area contributed by atoms with Gasteiger partial charge in [0.1, 0.15) is 0 Å². The molecule has 0 aromatic carbocycles. The zero-order valence-electron chi connectivity index (χ0n) is 12.3. The van der Waals surface area contributed by atoms with E-state index in [4.69, 9.17) is 0 Å². The van der Waals surface area contributed by atoms with Crippen molar-refractivity contribution in [2.45, 2.75) is 44.7 Å². The number of aryl methyl sites for hydroxylation is 1. The van der Waals surface area contributed by atoms with Crippen LogP contribution in [0.3, 0.4) is 0 Å². The minimum atomic E-state index is 0.0866. The van der Waals surface area contributed by atoms with Crippen LogP contribution in [0.25, 0.3) is 0 Å². The maximum Gasteiger partial charge on any atom is 0.153 e. The van der Waals surface area contributed by atoms with Crippen LogP contribution >= 0.6 is 15.9 Å². The third-order valence-corrected chi connectivity index (χ3v) is 5.12. The van der Waals surface area contributed by atoms with E-state index in [-0.39, 0.29) is 11.6 Å². The SMILES string of the molecule is CCC(C)(C(NC)c1c(Br)nnn1C)N1CCCC1. The molecule has 108 valence electrons. The van der Waals surface area contributed by atoms with Gasteiger partial charge in [0.2, 0.25) is 0 Å². The summed E-state index contributed by atoms with van der Waals surface area (Å²) in [7, 11) is 3.98. The van der Waals surface area contributed by atoms with E-state index in [9.17, 15) is 0 Å². The third kappa shape index (κ3) is 2.58. The molecule has 5 nitrogen and oxygen atoms in total. The van der Waals surface area contributed by atoms with Crippen LogP contribution in [-0.4, -0.2) is 45.6 Å². The number of rotatable bonds is 5. The van der Waals surface area contributed by atoms with Crippen LogP contribution in [0, 0.1) is 0 Å². The highest BCUT2D eigenvalue weighted by molar-refractivity contribution is 9.10. The molecule has 1 aromatic rings. The molecule has 2 atom stereocenters. The molecule has 19 heavy (non-hydrogen) atoms. The molecule has 1 saturated heterocycles. The van der Waals surface area contributed by atoms with Crippen molar-refractivity contribution < 1.29 is 0 Å². The van der Waals surface area contributed by atoms with Crippen LogP contribution in [0.2, 0.25) is 0 Å². The molecule has 2 heterocycles. The van der Waals surface area contributed by atoms with Gasteiger partial charge in [-0.15, -0.1) is 5.10 Å². The number of hydrogen-bond acceptors (Lipinski definition) is 4. The van der Waals surface area contributed by atoms with Crippen molar-refractivity contribution in [2.75, 3.05) is 20.1 Å². The average molecular weight is 330 g/mol. The molecule has 0 radical (unpaired) electrons. The van der Waals surface area contributed by atoms with Gasteiger partial charge in [0.25, 0.3) is 0 Å². The fraction of sp³-hybridized carbons (Fsp3) is 0.846. The maximum absolute atomic E-state index is 4.13. The maximum atomic E-state index is 4.13. The Kier molecular flexibility index (Phi) is 4.63. The number of likely N-dealkylation sites (tertiary alicyclic amines) is 1. The van der Waals surface area contributed by atoms with Crippen LogP contribution in [-0.2, 0) is 7.05 Å². The summed E-state index contributed by atoms with van der Waals surface area (Å²) in [6.07, 6.45) is 3.70. The number of aromatic nitrogens is 3. The normalized spacial score (nSPS) is 21.5. The third-order valence-electron chi connectivity index (χ3n) is 4.55. The Labute approximate surface area is 123 Å². The van der Waals surface area contributed by atoms with Gasteiger partial charge in [-0.1, -0.05) is 12.1 Å². The first-order valence-electron chi connectivity index (χ1n) is 7.02. The van der Waals surface area contributed by atoms with E-state index in [0.29, 0.717) is 0 Å². The minimum absolute atomic E-state index is 0.0866. The van der Waals surface area contributed by atoms with Gasteiger partial charge in [0, 0.05) is 12.6 Å². The highest BCUT2D eigenvalue weighted by Gasteiger charge is 2.41. The minimum Gasteiger partial charge on any atom is -0.310 e. The average Bonchev–Trinajstić information content (AvgIpc) is 3.04. The van der Waals surface area contributed by atoms with Gasteiger partial charge in [-0.2, -0.15) is 0 Å². The Hall–Kier alpha value is -0.460. The predicted molar refractivity (Wildman–Crippen MR) is 80.0 cm³/mol. The summed E-state index contributed by atoms with van der Waals surface area (Å²) in [5, 5.41) is 11.7. The summed E-state index contributed by atoms with van der Waals surface area (Å²) in [5.41, 5.74) is 1.21. The van der Waals surface area contributed by atoms with Crippen molar-refractivity contribution in [1.82, 2.24) is 25.2 Å². The van der Waals surface area contributed by atoms with Crippen molar-refractivity contribution in [2.24, 2.45) is 7.05 Å². The van der Waals surface area contributed by atoms with Crippen molar-refractivity contribution in [3.63, 3.8) is 0 Å². The molecule has 1 aliphatic rings. The van der Waals surface area contributed by atoms with E-state index in [1.165, 1.54) is 25.9 Å². The second-order valence-electron chi connectivity index (χ2n) is 5.52. The van der Waals surface area contributed by atoms with Crippen molar-refractivity contribution in [3.8, 4) is 0 Å². The molecule has 0 aliphatic carbocycles. The van der Waals surface area contributed by atoms with Crippen LogP contribution in [0.4, 0.5) is 0 Å². The summed E-state index contributed by atoms with van der Waals surface area (Å²) < 4.78 is 2.71. The van der Waals surface area contributed by atoms with E-state index in [0.717, 1.165) is 16.7 Å². The lowest BCUT2D eigenvalue weighted by molar-refractivity contribution is 0.0837. The molecular weight excluding hydrogens is 306 g/mol. The fourth-order valence-electron chi connectivity index (χ4n) is 3.23. The van der Waals surface area contributed by atoms with Crippen LogP contribution in [0.1, 0.15) is 44.8 Å². The predicted octanol–water partition coefficient (Wildman–Crippen LogP) is 2.10. The smallest absolute Gasteiger partial charge is 0.153 e. The van der Waals surface area contributed by atoms with Crippen molar-refractivity contribution >= 4 is 15.9 Å². The Balaban J connectivity index is 2.38. The second kappa shape index (κ2) is 5.89. The Morgan fingerprint density at radius 3 is 2.47 bits per heavy atom. The summed E-state index contributed by atoms with van der Waals surface area (Å²) >= 11 is 3.54. The number of halogens is 1. The highest BCUT2D eigenvalue weighted by atomic mass is 79.9. The molecule has 1 fully saturated rings. The van der Waals surface area contributed by atoms with E-state index in [1.807, 2.05) is 18.8 Å². The van der Waals surface area contributed by atoms with Crippen LogP contribution < -0.4 is 5.32 Å². The summed E-state index contributed by atoms with van der Waals surface area (Å²) in [5.74, 6) is 0. The van der Waals surface area contributed by atoms with E-state index in [2.05, 4.69) is 50.3 Å². The molecular formula is C13H24BrN5.